The summed E-state index contributed by atoms with van der Waals surface area (Å²) >= 11 is 0. The highest BCUT2D eigenvalue weighted by molar-refractivity contribution is 5.90. The Morgan fingerprint density at radius 1 is 1.42 bits per heavy atom. The van der Waals surface area contributed by atoms with Crippen LogP contribution in [0.15, 0.2) is 18.2 Å². The lowest BCUT2D eigenvalue weighted by atomic mass is 10.2. The summed E-state index contributed by atoms with van der Waals surface area (Å²) in [6.07, 6.45) is 0.730. The van der Waals surface area contributed by atoms with Gasteiger partial charge in [-0.15, -0.1) is 12.4 Å². The van der Waals surface area contributed by atoms with Crippen LogP contribution in [-0.4, -0.2) is 19.1 Å². The smallest absolute Gasteiger partial charge is 0.387 e. The Balaban J connectivity index is 0.00000324. The topological polar surface area (TPSA) is 64.4 Å². The Labute approximate surface area is 114 Å². The van der Waals surface area contributed by atoms with Crippen LogP contribution < -0.4 is 15.8 Å². The van der Waals surface area contributed by atoms with Crippen LogP contribution in [0.25, 0.3) is 0 Å². The summed E-state index contributed by atoms with van der Waals surface area (Å²) < 4.78 is 41.0. The molecule has 1 aromatic carbocycles. The Bertz CT molecular complexity index is 419. The Morgan fingerprint density at radius 2 is 2.11 bits per heavy atom. The summed E-state index contributed by atoms with van der Waals surface area (Å²) in [5, 5.41) is 2.42. The van der Waals surface area contributed by atoms with E-state index in [9.17, 15) is 18.0 Å². The number of carbonyl (C=O) groups is 1. The summed E-state index contributed by atoms with van der Waals surface area (Å²) in [4.78, 5) is 11.3. The fraction of sp³-hybridized carbons (Fsp3) is 0.364. The molecule has 4 nitrogen and oxygen atoms in total. The van der Waals surface area contributed by atoms with Crippen LogP contribution in [0.3, 0.4) is 0 Å². The van der Waals surface area contributed by atoms with Crippen LogP contribution in [0.5, 0.6) is 5.75 Å². The van der Waals surface area contributed by atoms with Crippen LogP contribution in [0, 0.1) is 5.82 Å². The average Bonchev–Trinajstić information content (AvgIpc) is 2.29. The summed E-state index contributed by atoms with van der Waals surface area (Å²) in [6.45, 7) is -2.72. The minimum Gasteiger partial charge on any atom is -0.432 e. The third-order valence-electron chi connectivity index (χ3n) is 2.04. The van der Waals surface area contributed by atoms with Crippen molar-refractivity contribution in [3.05, 3.63) is 24.0 Å². The second-order valence-corrected chi connectivity index (χ2v) is 3.46. The van der Waals surface area contributed by atoms with Gasteiger partial charge in [0.2, 0.25) is 5.91 Å². The quantitative estimate of drug-likeness (QED) is 0.848. The fourth-order valence-corrected chi connectivity index (χ4v) is 1.26. The lowest BCUT2D eigenvalue weighted by Crippen LogP contribution is -2.13. The highest BCUT2D eigenvalue weighted by Crippen LogP contribution is 2.22. The van der Waals surface area contributed by atoms with Gasteiger partial charge in [-0.2, -0.15) is 8.78 Å². The van der Waals surface area contributed by atoms with E-state index in [-0.39, 0.29) is 30.4 Å². The molecule has 0 fully saturated rings. The van der Waals surface area contributed by atoms with E-state index in [2.05, 4.69) is 10.1 Å². The van der Waals surface area contributed by atoms with Gasteiger partial charge in [0.1, 0.15) is 0 Å². The standard InChI is InChI=1S/C11H13F3N2O2.ClH/c12-8-6-7(16-10(17)2-1-5-15)3-4-9(8)18-11(13)14;/h3-4,6,11H,1-2,5,15H2,(H,16,17);1H. The van der Waals surface area contributed by atoms with Gasteiger partial charge in [-0.05, 0) is 25.1 Å². The molecule has 1 aromatic rings. The molecule has 1 amide bonds. The minimum absolute atomic E-state index is 0. The molecular formula is C11H14ClF3N2O2. The van der Waals surface area contributed by atoms with Crippen molar-refractivity contribution in [1.82, 2.24) is 0 Å². The SMILES string of the molecule is Cl.NCCCC(=O)Nc1ccc(OC(F)F)c(F)c1. The average molecular weight is 299 g/mol. The van der Waals surface area contributed by atoms with E-state index < -0.39 is 18.2 Å². The second-order valence-electron chi connectivity index (χ2n) is 3.46. The van der Waals surface area contributed by atoms with Crippen molar-refractivity contribution >= 4 is 24.0 Å². The van der Waals surface area contributed by atoms with Gasteiger partial charge in [-0.25, -0.2) is 4.39 Å². The predicted molar refractivity (Wildman–Crippen MR) is 67.2 cm³/mol. The van der Waals surface area contributed by atoms with Gasteiger partial charge < -0.3 is 15.8 Å². The maximum Gasteiger partial charge on any atom is 0.387 e. The van der Waals surface area contributed by atoms with E-state index in [1.54, 1.807) is 0 Å². The van der Waals surface area contributed by atoms with Crippen LogP contribution in [0.1, 0.15) is 12.8 Å². The molecule has 0 aliphatic rings. The van der Waals surface area contributed by atoms with Crippen molar-refractivity contribution in [3.63, 3.8) is 0 Å². The van der Waals surface area contributed by atoms with Crippen LogP contribution in [0.4, 0.5) is 18.9 Å². The molecule has 108 valence electrons. The normalized spacial score (nSPS) is 9.95. The molecule has 0 aliphatic carbocycles. The Kier molecular flexibility index (Phi) is 7.94. The first kappa shape index (κ1) is 17.5. The number of carbonyl (C=O) groups excluding carboxylic acids is 1. The minimum atomic E-state index is -3.09. The maximum atomic E-state index is 13.3. The zero-order valence-corrected chi connectivity index (χ0v) is 10.7. The molecule has 0 aromatic heterocycles. The second kappa shape index (κ2) is 8.60. The van der Waals surface area contributed by atoms with Crippen molar-refractivity contribution in [3.8, 4) is 5.75 Å². The summed E-state index contributed by atoms with van der Waals surface area (Å²) in [5.74, 6) is -1.85. The van der Waals surface area contributed by atoms with Crippen LogP contribution in [0.2, 0.25) is 0 Å². The number of anilines is 1. The van der Waals surface area contributed by atoms with Crippen molar-refractivity contribution in [1.29, 1.82) is 0 Å². The first-order chi connectivity index (χ1) is 8.52. The van der Waals surface area contributed by atoms with E-state index in [1.165, 1.54) is 6.07 Å². The molecule has 3 N–H and O–H groups in total. The number of alkyl halides is 2. The third-order valence-corrected chi connectivity index (χ3v) is 2.04. The van der Waals surface area contributed by atoms with Gasteiger partial charge >= 0.3 is 6.61 Å². The van der Waals surface area contributed by atoms with Gasteiger partial charge in [0.25, 0.3) is 0 Å². The Hall–Kier alpha value is -1.47. The Morgan fingerprint density at radius 3 is 2.63 bits per heavy atom. The highest BCUT2D eigenvalue weighted by atomic mass is 35.5. The van der Waals surface area contributed by atoms with Crippen molar-refractivity contribution in [2.24, 2.45) is 5.73 Å². The third kappa shape index (κ3) is 6.30. The number of ether oxygens (including phenoxy) is 1. The van der Waals surface area contributed by atoms with Crippen molar-refractivity contribution in [2.75, 3.05) is 11.9 Å². The number of hydrogen-bond acceptors (Lipinski definition) is 3. The zero-order valence-electron chi connectivity index (χ0n) is 9.87. The zero-order chi connectivity index (χ0) is 13.5. The first-order valence-corrected chi connectivity index (χ1v) is 5.27. The number of rotatable bonds is 6. The lowest BCUT2D eigenvalue weighted by Gasteiger charge is -2.08. The predicted octanol–water partition coefficient (Wildman–Crippen LogP) is 2.53. The van der Waals surface area contributed by atoms with Gasteiger partial charge in [-0.3, -0.25) is 4.79 Å². The lowest BCUT2D eigenvalue weighted by molar-refractivity contribution is -0.116. The molecule has 0 saturated carbocycles. The van der Waals surface area contributed by atoms with E-state index in [0.29, 0.717) is 13.0 Å². The number of nitrogens with one attached hydrogen (secondary N) is 1. The number of amides is 1. The molecule has 0 unspecified atom stereocenters. The van der Waals surface area contributed by atoms with Crippen LogP contribution >= 0.6 is 12.4 Å². The molecule has 0 aliphatic heterocycles. The van der Waals surface area contributed by atoms with E-state index in [0.717, 1.165) is 12.1 Å². The largest absolute Gasteiger partial charge is 0.432 e. The van der Waals surface area contributed by atoms with Crippen molar-refractivity contribution < 1.29 is 22.7 Å². The molecule has 0 atom stereocenters. The van der Waals surface area contributed by atoms with E-state index >= 15 is 0 Å². The highest BCUT2D eigenvalue weighted by Gasteiger charge is 2.11. The number of benzene rings is 1. The molecule has 8 heteroatoms. The van der Waals surface area contributed by atoms with Gasteiger partial charge in [0.05, 0.1) is 0 Å². The number of halogens is 4. The molecule has 0 saturated heterocycles. The van der Waals surface area contributed by atoms with Gasteiger partial charge in [0.15, 0.2) is 11.6 Å². The molecule has 0 heterocycles. The summed E-state index contributed by atoms with van der Waals surface area (Å²) in [7, 11) is 0. The van der Waals surface area contributed by atoms with Crippen LogP contribution in [-0.2, 0) is 4.79 Å². The van der Waals surface area contributed by atoms with E-state index in [1.807, 2.05) is 0 Å². The molecule has 0 radical (unpaired) electrons. The molecule has 0 spiro atoms. The number of hydrogen-bond donors (Lipinski definition) is 2. The molecule has 19 heavy (non-hydrogen) atoms. The monoisotopic (exact) mass is 298 g/mol. The first-order valence-electron chi connectivity index (χ1n) is 5.27. The molecule has 1 rings (SSSR count). The van der Waals surface area contributed by atoms with Crippen molar-refractivity contribution in [2.45, 2.75) is 19.5 Å². The molecular weight excluding hydrogens is 285 g/mol. The molecule has 0 bridgehead atoms. The number of nitrogens with two attached hydrogens (primary N) is 1. The van der Waals surface area contributed by atoms with Gasteiger partial charge in [-0.1, -0.05) is 0 Å². The fourth-order valence-electron chi connectivity index (χ4n) is 1.26. The van der Waals surface area contributed by atoms with E-state index in [4.69, 9.17) is 5.73 Å². The maximum absolute atomic E-state index is 13.3. The van der Waals surface area contributed by atoms with Gasteiger partial charge in [0, 0.05) is 18.2 Å². The summed E-state index contributed by atoms with van der Waals surface area (Å²) in [6, 6.07) is 3.22. The summed E-state index contributed by atoms with van der Waals surface area (Å²) in [5.41, 5.74) is 5.41.